The largest absolute Gasteiger partial charge is 0.381 e. The molecule has 1 aromatic carbocycles. The van der Waals surface area contributed by atoms with Crippen molar-refractivity contribution >= 4 is 0 Å². The van der Waals surface area contributed by atoms with Crippen LogP contribution < -0.4 is 5.32 Å². The van der Waals surface area contributed by atoms with Crippen LogP contribution in [0.2, 0.25) is 0 Å². The van der Waals surface area contributed by atoms with Crippen molar-refractivity contribution in [2.45, 2.75) is 39.7 Å². The molecule has 0 radical (unpaired) electrons. The minimum Gasteiger partial charge on any atom is -0.381 e. The van der Waals surface area contributed by atoms with Gasteiger partial charge in [-0.1, -0.05) is 36.8 Å². The molecule has 1 rings (SSSR count). The van der Waals surface area contributed by atoms with Gasteiger partial charge < -0.3 is 10.1 Å². The molecule has 1 aromatic rings. The fraction of sp³-hybridized carbons (Fsp3) is 0.600. The molecule has 0 heterocycles. The van der Waals surface area contributed by atoms with Crippen LogP contribution in [0.1, 0.15) is 43.9 Å². The van der Waals surface area contributed by atoms with E-state index in [0.717, 1.165) is 32.6 Å². The standard InChI is InChI=1S/C15H25NO/c1-4-10-17-11-6-9-16-14(3)15-8-5-7-13(2)12-15/h5,7-8,12,14,16H,4,6,9-11H2,1-3H3. The summed E-state index contributed by atoms with van der Waals surface area (Å²) in [5.41, 5.74) is 2.68. The molecule has 0 aromatic heterocycles. The molecule has 1 unspecified atom stereocenters. The fourth-order valence-corrected chi connectivity index (χ4v) is 1.80. The third-order valence-corrected chi connectivity index (χ3v) is 2.81. The van der Waals surface area contributed by atoms with Gasteiger partial charge in [-0.3, -0.25) is 0 Å². The zero-order valence-electron chi connectivity index (χ0n) is 11.3. The summed E-state index contributed by atoms with van der Waals surface area (Å²) in [5, 5.41) is 3.52. The van der Waals surface area contributed by atoms with E-state index < -0.39 is 0 Å². The second kappa shape index (κ2) is 8.26. The summed E-state index contributed by atoms with van der Waals surface area (Å²) in [7, 11) is 0. The summed E-state index contributed by atoms with van der Waals surface area (Å²) < 4.78 is 5.45. The van der Waals surface area contributed by atoms with Crippen molar-refractivity contribution in [3.05, 3.63) is 35.4 Å². The van der Waals surface area contributed by atoms with Crippen LogP contribution in [0, 0.1) is 6.92 Å². The third-order valence-electron chi connectivity index (χ3n) is 2.81. The Balaban J connectivity index is 2.19. The Kier molecular flexibility index (Phi) is 6.90. The Hall–Kier alpha value is -0.860. The lowest BCUT2D eigenvalue weighted by Gasteiger charge is -2.14. The highest BCUT2D eigenvalue weighted by Crippen LogP contribution is 2.13. The molecule has 1 N–H and O–H groups in total. The van der Waals surface area contributed by atoms with Gasteiger partial charge in [0.25, 0.3) is 0 Å². The topological polar surface area (TPSA) is 21.3 Å². The monoisotopic (exact) mass is 235 g/mol. The molecule has 0 fully saturated rings. The van der Waals surface area contributed by atoms with Crippen molar-refractivity contribution in [2.24, 2.45) is 0 Å². The normalized spacial score (nSPS) is 12.6. The van der Waals surface area contributed by atoms with Crippen LogP contribution in [0.15, 0.2) is 24.3 Å². The van der Waals surface area contributed by atoms with E-state index in [1.54, 1.807) is 0 Å². The van der Waals surface area contributed by atoms with E-state index in [2.05, 4.69) is 50.4 Å². The predicted octanol–water partition coefficient (Wildman–Crippen LogP) is 3.46. The quantitative estimate of drug-likeness (QED) is 0.697. The highest BCUT2D eigenvalue weighted by atomic mass is 16.5. The molecular weight excluding hydrogens is 210 g/mol. The maximum absolute atomic E-state index is 5.45. The summed E-state index contributed by atoms with van der Waals surface area (Å²) in [5.74, 6) is 0. The first-order valence-electron chi connectivity index (χ1n) is 6.61. The minimum atomic E-state index is 0.418. The zero-order chi connectivity index (χ0) is 12.5. The Morgan fingerprint density at radius 3 is 2.82 bits per heavy atom. The first kappa shape index (κ1) is 14.2. The molecule has 0 spiro atoms. The van der Waals surface area contributed by atoms with E-state index in [0.29, 0.717) is 6.04 Å². The number of benzene rings is 1. The van der Waals surface area contributed by atoms with Gasteiger partial charge in [-0.05, 0) is 38.8 Å². The van der Waals surface area contributed by atoms with Gasteiger partial charge in [0.15, 0.2) is 0 Å². The van der Waals surface area contributed by atoms with Crippen molar-refractivity contribution in [3.63, 3.8) is 0 Å². The van der Waals surface area contributed by atoms with Gasteiger partial charge in [0, 0.05) is 19.3 Å². The molecule has 0 aliphatic heterocycles. The van der Waals surface area contributed by atoms with Crippen molar-refractivity contribution < 1.29 is 4.74 Å². The maximum atomic E-state index is 5.45. The smallest absolute Gasteiger partial charge is 0.0478 e. The molecule has 0 aliphatic carbocycles. The van der Waals surface area contributed by atoms with Crippen molar-refractivity contribution in [1.29, 1.82) is 0 Å². The minimum absolute atomic E-state index is 0.418. The van der Waals surface area contributed by atoms with E-state index in [4.69, 9.17) is 4.74 Å². The number of ether oxygens (including phenoxy) is 1. The molecule has 0 amide bonds. The van der Waals surface area contributed by atoms with Crippen molar-refractivity contribution in [2.75, 3.05) is 19.8 Å². The van der Waals surface area contributed by atoms with Gasteiger partial charge in [0.05, 0.1) is 0 Å². The van der Waals surface area contributed by atoms with E-state index in [9.17, 15) is 0 Å². The van der Waals surface area contributed by atoms with Crippen LogP contribution in [-0.4, -0.2) is 19.8 Å². The van der Waals surface area contributed by atoms with E-state index in [1.165, 1.54) is 11.1 Å². The number of hydrogen-bond acceptors (Lipinski definition) is 2. The molecule has 2 nitrogen and oxygen atoms in total. The first-order chi connectivity index (χ1) is 8.24. The molecule has 2 heteroatoms. The average molecular weight is 235 g/mol. The molecule has 0 aliphatic rings. The lowest BCUT2D eigenvalue weighted by molar-refractivity contribution is 0.132. The molecular formula is C15H25NO. The summed E-state index contributed by atoms with van der Waals surface area (Å²) in [6.45, 7) is 9.24. The Bertz CT molecular complexity index is 312. The van der Waals surface area contributed by atoms with Gasteiger partial charge in [-0.25, -0.2) is 0 Å². The number of nitrogens with one attached hydrogen (secondary N) is 1. The van der Waals surface area contributed by atoms with Crippen LogP contribution in [0.4, 0.5) is 0 Å². The highest BCUT2D eigenvalue weighted by Gasteiger charge is 2.03. The summed E-state index contributed by atoms with van der Waals surface area (Å²) >= 11 is 0. The molecule has 1 atom stereocenters. The number of hydrogen-bond donors (Lipinski definition) is 1. The van der Waals surface area contributed by atoms with Crippen LogP contribution >= 0.6 is 0 Å². The SMILES string of the molecule is CCCOCCCNC(C)c1cccc(C)c1. The highest BCUT2D eigenvalue weighted by molar-refractivity contribution is 5.24. The second-order valence-corrected chi connectivity index (χ2v) is 4.56. The fourth-order valence-electron chi connectivity index (χ4n) is 1.80. The van der Waals surface area contributed by atoms with Crippen LogP contribution in [-0.2, 0) is 4.74 Å². The van der Waals surface area contributed by atoms with Gasteiger partial charge in [0.1, 0.15) is 0 Å². The lowest BCUT2D eigenvalue weighted by Crippen LogP contribution is -2.21. The van der Waals surface area contributed by atoms with E-state index in [1.807, 2.05) is 0 Å². The maximum Gasteiger partial charge on any atom is 0.0478 e. The van der Waals surface area contributed by atoms with Crippen LogP contribution in [0.25, 0.3) is 0 Å². The molecule has 96 valence electrons. The molecule has 0 bridgehead atoms. The molecule has 0 saturated heterocycles. The lowest BCUT2D eigenvalue weighted by atomic mass is 10.1. The predicted molar refractivity (Wildman–Crippen MR) is 73.3 cm³/mol. The number of aryl methyl sites for hydroxylation is 1. The summed E-state index contributed by atoms with van der Waals surface area (Å²) in [6.07, 6.45) is 2.18. The first-order valence-corrected chi connectivity index (χ1v) is 6.61. The Morgan fingerprint density at radius 2 is 2.12 bits per heavy atom. The van der Waals surface area contributed by atoms with Gasteiger partial charge in [0.2, 0.25) is 0 Å². The van der Waals surface area contributed by atoms with Gasteiger partial charge in [-0.15, -0.1) is 0 Å². The molecule has 17 heavy (non-hydrogen) atoms. The zero-order valence-corrected chi connectivity index (χ0v) is 11.3. The number of rotatable bonds is 8. The second-order valence-electron chi connectivity index (χ2n) is 4.56. The van der Waals surface area contributed by atoms with E-state index in [-0.39, 0.29) is 0 Å². The third kappa shape index (κ3) is 5.85. The van der Waals surface area contributed by atoms with Crippen molar-refractivity contribution in [1.82, 2.24) is 5.32 Å². The van der Waals surface area contributed by atoms with Gasteiger partial charge >= 0.3 is 0 Å². The van der Waals surface area contributed by atoms with E-state index >= 15 is 0 Å². The average Bonchev–Trinajstić information content (AvgIpc) is 2.33. The van der Waals surface area contributed by atoms with Crippen LogP contribution in [0.3, 0.4) is 0 Å². The summed E-state index contributed by atoms with van der Waals surface area (Å²) in [6, 6.07) is 9.09. The molecule has 0 saturated carbocycles. The van der Waals surface area contributed by atoms with Crippen molar-refractivity contribution in [3.8, 4) is 0 Å². The van der Waals surface area contributed by atoms with Crippen LogP contribution in [0.5, 0.6) is 0 Å². The van der Waals surface area contributed by atoms with Gasteiger partial charge in [-0.2, -0.15) is 0 Å². The Morgan fingerprint density at radius 1 is 1.29 bits per heavy atom. The Labute approximate surface area is 105 Å². The summed E-state index contributed by atoms with van der Waals surface area (Å²) in [4.78, 5) is 0.